The van der Waals surface area contributed by atoms with Crippen LogP contribution in [0.1, 0.15) is 15.9 Å². The lowest BCUT2D eigenvalue weighted by Gasteiger charge is -2.07. The van der Waals surface area contributed by atoms with Gasteiger partial charge < -0.3 is 4.74 Å². The van der Waals surface area contributed by atoms with Crippen molar-refractivity contribution in [1.82, 2.24) is 0 Å². The Hall–Kier alpha value is -2.23. The first-order valence-electron chi connectivity index (χ1n) is 5.74. The molecule has 0 N–H and O–H groups in total. The van der Waals surface area contributed by atoms with Crippen molar-refractivity contribution in [2.24, 2.45) is 0 Å². The van der Waals surface area contributed by atoms with Crippen LogP contribution in [0.4, 0.5) is 8.78 Å². The molecule has 0 heterocycles. The van der Waals surface area contributed by atoms with E-state index in [4.69, 9.17) is 4.74 Å². The highest BCUT2D eigenvalue weighted by Crippen LogP contribution is 2.21. The summed E-state index contributed by atoms with van der Waals surface area (Å²) < 4.78 is 31.5. The molecule has 0 radical (unpaired) electrons. The van der Waals surface area contributed by atoms with Crippen molar-refractivity contribution in [1.29, 1.82) is 0 Å². The summed E-state index contributed by atoms with van der Waals surface area (Å²) in [6.45, 7) is 1.50. The Morgan fingerprint density at radius 1 is 1.05 bits per heavy atom. The van der Waals surface area contributed by atoms with Crippen molar-refractivity contribution in [2.75, 3.05) is 6.61 Å². The summed E-state index contributed by atoms with van der Waals surface area (Å²) in [5.74, 6) is -2.50. The predicted molar refractivity (Wildman–Crippen MR) is 67.4 cm³/mol. The Morgan fingerprint density at radius 2 is 1.63 bits per heavy atom. The number of Topliss-reactive ketones (excluding diaryl/α,β-unsaturated/α-hetero) is 1. The predicted octanol–water partition coefficient (Wildman–Crippen LogP) is 3.53. The van der Waals surface area contributed by atoms with E-state index in [1.54, 1.807) is 24.3 Å². The van der Waals surface area contributed by atoms with Crippen molar-refractivity contribution in [2.45, 2.75) is 6.92 Å². The van der Waals surface area contributed by atoms with E-state index >= 15 is 0 Å². The minimum absolute atomic E-state index is 0.331. The SMILES string of the molecule is Cc1ccc(C(=O)COc2c(F)cccc2F)cc1. The Bertz CT molecular complexity index is 571. The standard InChI is InChI=1S/C15H12F2O2/c1-10-5-7-11(8-6-10)14(18)9-19-15-12(16)3-2-4-13(15)17/h2-8H,9H2,1H3. The molecule has 2 rings (SSSR count). The van der Waals surface area contributed by atoms with Crippen LogP contribution in [0.25, 0.3) is 0 Å². The number of ketones is 1. The normalized spacial score (nSPS) is 10.3. The number of rotatable bonds is 4. The van der Waals surface area contributed by atoms with E-state index < -0.39 is 24.0 Å². The minimum Gasteiger partial charge on any atom is -0.479 e. The topological polar surface area (TPSA) is 26.3 Å². The van der Waals surface area contributed by atoms with E-state index in [0.717, 1.165) is 17.7 Å². The molecule has 0 fully saturated rings. The molecule has 0 atom stereocenters. The third kappa shape index (κ3) is 3.16. The van der Waals surface area contributed by atoms with Gasteiger partial charge in [-0.05, 0) is 19.1 Å². The maximum Gasteiger partial charge on any atom is 0.200 e. The van der Waals surface area contributed by atoms with Crippen LogP contribution in [0.15, 0.2) is 42.5 Å². The first-order chi connectivity index (χ1) is 9.08. The third-order valence-electron chi connectivity index (χ3n) is 2.64. The van der Waals surface area contributed by atoms with Gasteiger partial charge in [-0.2, -0.15) is 0 Å². The van der Waals surface area contributed by atoms with Gasteiger partial charge in [0.1, 0.15) is 0 Å². The van der Waals surface area contributed by atoms with E-state index in [1.165, 1.54) is 6.07 Å². The number of hydrogen-bond acceptors (Lipinski definition) is 2. The Morgan fingerprint density at radius 3 is 2.21 bits per heavy atom. The van der Waals surface area contributed by atoms with Crippen LogP contribution in [0.2, 0.25) is 0 Å². The molecule has 0 bridgehead atoms. The Kier molecular flexibility index (Phi) is 3.90. The zero-order valence-corrected chi connectivity index (χ0v) is 10.3. The Balaban J connectivity index is 2.06. The molecule has 0 saturated heterocycles. The maximum absolute atomic E-state index is 13.3. The van der Waals surface area contributed by atoms with Crippen molar-refractivity contribution in [3.05, 3.63) is 65.2 Å². The first-order valence-corrected chi connectivity index (χ1v) is 5.74. The fraction of sp³-hybridized carbons (Fsp3) is 0.133. The summed E-state index contributed by atoms with van der Waals surface area (Å²) in [4.78, 5) is 11.8. The summed E-state index contributed by atoms with van der Waals surface area (Å²) in [5.41, 5.74) is 1.47. The highest BCUT2D eigenvalue weighted by molar-refractivity contribution is 5.97. The molecular formula is C15H12F2O2. The van der Waals surface area contributed by atoms with E-state index in [-0.39, 0.29) is 5.78 Å². The molecule has 19 heavy (non-hydrogen) atoms. The fourth-order valence-electron chi connectivity index (χ4n) is 1.58. The van der Waals surface area contributed by atoms with Crippen molar-refractivity contribution in [3.8, 4) is 5.75 Å². The fourth-order valence-corrected chi connectivity index (χ4v) is 1.58. The highest BCUT2D eigenvalue weighted by atomic mass is 19.1. The van der Waals surface area contributed by atoms with Crippen molar-refractivity contribution < 1.29 is 18.3 Å². The zero-order chi connectivity index (χ0) is 13.8. The lowest BCUT2D eigenvalue weighted by Crippen LogP contribution is -2.13. The number of benzene rings is 2. The maximum atomic E-state index is 13.3. The van der Waals surface area contributed by atoms with Gasteiger partial charge in [-0.15, -0.1) is 0 Å². The van der Waals surface area contributed by atoms with Gasteiger partial charge >= 0.3 is 0 Å². The smallest absolute Gasteiger partial charge is 0.200 e. The van der Waals surface area contributed by atoms with Crippen LogP contribution in [0.5, 0.6) is 5.75 Å². The molecule has 0 aromatic heterocycles. The quantitative estimate of drug-likeness (QED) is 0.788. The lowest BCUT2D eigenvalue weighted by molar-refractivity contribution is 0.0915. The molecule has 0 aliphatic heterocycles. The average Bonchev–Trinajstić information content (AvgIpc) is 2.38. The second-order valence-corrected chi connectivity index (χ2v) is 4.13. The third-order valence-corrected chi connectivity index (χ3v) is 2.64. The van der Waals surface area contributed by atoms with Gasteiger partial charge in [-0.25, -0.2) is 8.78 Å². The monoisotopic (exact) mass is 262 g/mol. The van der Waals surface area contributed by atoms with Gasteiger partial charge in [-0.3, -0.25) is 4.79 Å². The molecule has 0 unspecified atom stereocenters. The number of hydrogen-bond donors (Lipinski definition) is 0. The lowest BCUT2D eigenvalue weighted by atomic mass is 10.1. The number of carbonyl (C=O) groups excluding carboxylic acids is 1. The van der Waals surface area contributed by atoms with Gasteiger partial charge in [0.2, 0.25) is 0 Å². The van der Waals surface area contributed by atoms with E-state index in [0.29, 0.717) is 5.56 Å². The molecule has 0 amide bonds. The van der Waals surface area contributed by atoms with Crippen LogP contribution >= 0.6 is 0 Å². The molecule has 0 aliphatic rings. The second-order valence-electron chi connectivity index (χ2n) is 4.13. The van der Waals surface area contributed by atoms with Crippen LogP contribution in [-0.2, 0) is 0 Å². The molecule has 2 nitrogen and oxygen atoms in total. The van der Waals surface area contributed by atoms with Crippen LogP contribution in [-0.4, -0.2) is 12.4 Å². The molecule has 4 heteroatoms. The van der Waals surface area contributed by atoms with Crippen molar-refractivity contribution in [3.63, 3.8) is 0 Å². The van der Waals surface area contributed by atoms with Crippen LogP contribution < -0.4 is 4.74 Å². The summed E-state index contributed by atoms with van der Waals surface area (Å²) in [6.07, 6.45) is 0. The first kappa shape index (κ1) is 13.2. The largest absolute Gasteiger partial charge is 0.479 e. The number of ether oxygens (including phenoxy) is 1. The van der Waals surface area contributed by atoms with Crippen molar-refractivity contribution >= 4 is 5.78 Å². The minimum atomic E-state index is -0.822. The Labute approximate surface area is 109 Å². The van der Waals surface area contributed by atoms with E-state index in [2.05, 4.69) is 0 Å². The van der Waals surface area contributed by atoms with Gasteiger partial charge in [0.05, 0.1) is 0 Å². The van der Waals surface area contributed by atoms with Gasteiger partial charge in [-0.1, -0.05) is 35.9 Å². The molecule has 98 valence electrons. The number of aryl methyl sites for hydroxylation is 1. The number of para-hydroxylation sites is 1. The zero-order valence-electron chi connectivity index (χ0n) is 10.3. The highest BCUT2D eigenvalue weighted by Gasteiger charge is 2.12. The van der Waals surface area contributed by atoms with E-state index in [1.807, 2.05) is 6.92 Å². The molecule has 0 aliphatic carbocycles. The molecule has 2 aromatic rings. The average molecular weight is 262 g/mol. The molecule has 0 spiro atoms. The van der Waals surface area contributed by atoms with E-state index in [9.17, 15) is 13.6 Å². The number of halogens is 2. The van der Waals surface area contributed by atoms with Crippen LogP contribution in [0, 0.1) is 18.6 Å². The van der Waals surface area contributed by atoms with Gasteiger partial charge in [0, 0.05) is 5.56 Å². The second kappa shape index (κ2) is 5.61. The summed E-state index contributed by atoms with van der Waals surface area (Å²) in [7, 11) is 0. The van der Waals surface area contributed by atoms with Crippen LogP contribution in [0.3, 0.4) is 0 Å². The molecular weight excluding hydrogens is 250 g/mol. The summed E-state index contributed by atoms with van der Waals surface area (Å²) in [5, 5.41) is 0. The molecule has 2 aromatic carbocycles. The summed E-state index contributed by atoms with van der Waals surface area (Å²) in [6, 6.07) is 10.3. The summed E-state index contributed by atoms with van der Waals surface area (Å²) >= 11 is 0. The van der Waals surface area contributed by atoms with Gasteiger partial charge in [0.25, 0.3) is 0 Å². The van der Waals surface area contributed by atoms with Gasteiger partial charge in [0.15, 0.2) is 29.8 Å². The molecule has 0 saturated carbocycles. The number of carbonyl (C=O) groups is 1.